The van der Waals surface area contributed by atoms with Gasteiger partial charge in [0, 0.05) is 11.8 Å². The maximum absolute atomic E-state index is 4.34. The van der Waals surface area contributed by atoms with Gasteiger partial charge in [-0.15, -0.1) is 0 Å². The van der Waals surface area contributed by atoms with Crippen molar-refractivity contribution in [2.45, 2.75) is 0 Å². The van der Waals surface area contributed by atoms with Gasteiger partial charge in [-0.2, -0.15) is 5.10 Å². The number of aromatic nitrogens is 6. The Kier molecular flexibility index (Phi) is 2.32. The number of rotatable bonds is 2. The van der Waals surface area contributed by atoms with Gasteiger partial charge in [-0.3, -0.25) is 5.10 Å². The normalized spacial score (nSPS) is 11.0. The fraction of sp³-hybridized carbons (Fsp3) is 0. The largest absolute Gasteiger partial charge is 0.341 e. The summed E-state index contributed by atoms with van der Waals surface area (Å²) in [6.45, 7) is 0. The van der Waals surface area contributed by atoms with Crippen molar-refractivity contribution in [3.63, 3.8) is 0 Å². The number of hydrogen-bond donors (Lipinski definition) is 2. The first-order valence-corrected chi connectivity index (χ1v) is 6.16. The maximum Gasteiger partial charge on any atom is 0.181 e. The molecule has 0 radical (unpaired) electrons. The number of fused-ring (bicyclic) bond motifs is 1. The molecular formula is C14H10N6. The smallest absolute Gasteiger partial charge is 0.181 e. The Morgan fingerprint density at radius 1 is 0.850 bits per heavy atom. The van der Waals surface area contributed by atoms with E-state index in [0.717, 1.165) is 28.0 Å². The monoisotopic (exact) mass is 262 g/mol. The molecule has 4 aromatic rings. The van der Waals surface area contributed by atoms with Crippen LogP contribution in [0.4, 0.5) is 0 Å². The minimum absolute atomic E-state index is 0.674. The minimum Gasteiger partial charge on any atom is -0.341 e. The molecule has 0 fully saturated rings. The molecule has 6 heteroatoms. The number of nitrogens with zero attached hydrogens (tertiary/aromatic N) is 4. The third-order valence-electron chi connectivity index (χ3n) is 3.19. The summed E-state index contributed by atoms with van der Waals surface area (Å²) in [6, 6.07) is 10.1. The van der Waals surface area contributed by atoms with Gasteiger partial charge in [0.25, 0.3) is 0 Å². The summed E-state index contributed by atoms with van der Waals surface area (Å²) >= 11 is 0. The van der Waals surface area contributed by atoms with Crippen LogP contribution in [0, 0.1) is 0 Å². The van der Waals surface area contributed by atoms with Gasteiger partial charge in [0.1, 0.15) is 11.8 Å². The zero-order valence-electron chi connectivity index (χ0n) is 10.4. The lowest BCUT2D eigenvalue weighted by atomic mass is 10.1. The van der Waals surface area contributed by atoms with E-state index in [4.69, 9.17) is 0 Å². The van der Waals surface area contributed by atoms with Gasteiger partial charge in [-0.1, -0.05) is 24.3 Å². The predicted molar refractivity (Wildman–Crippen MR) is 74.7 cm³/mol. The van der Waals surface area contributed by atoms with E-state index in [-0.39, 0.29) is 0 Å². The molecule has 0 atom stereocenters. The lowest BCUT2D eigenvalue weighted by Crippen LogP contribution is -1.88. The van der Waals surface area contributed by atoms with E-state index in [1.54, 1.807) is 12.5 Å². The average molecular weight is 262 g/mol. The molecule has 0 aliphatic rings. The molecule has 96 valence electrons. The van der Waals surface area contributed by atoms with Crippen LogP contribution in [-0.2, 0) is 0 Å². The summed E-state index contributed by atoms with van der Waals surface area (Å²) in [5.41, 5.74) is 5.47. The number of hydrogen-bond acceptors (Lipinski definition) is 4. The third kappa shape index (κ3) is 1.66. The Labute approximate surface area is 113 Å². The predicted octanol–water partition coefficient (Wildman–Crippen LogP) is 2.41. The summed E-state index contributed by atoms with van der Waals surface area (Å²) in [5, 5.41) is 6.90. The van der Waals surface area contributed by atoms with Crippen LogP contribution in [0.3, 0.4) is 0 Å². The van der Waals surface area contributed by atoms with E-state index < -0.39 is 0 Å². The summed E-state index contributed by atoms with van der Waals surface area (Å²) in [5.74, 6) is 0. The fourth-order valence-electron chi connectivity index (χ4n) is 2.21. The van der Waals surface area contributed by atoms with Crippen molar-refractivity contribution in [3.05, 3.63) is 49.2 Å². The molecular weight excluding hydrogens is 252 g/mol. The molecule has 20 heavy (non-hydrogen) atoms. The van der Waals surface area contributed by atoms with Crippen LogP contribution in [-0.4, -0.2) is 30.1 Å². The number of H-pyrrole nitrogens is 2. The van der Waals surface area contributed by atoms with Crippen LogP contribution in [0.25, 0.3) is 33.7 Å². The maximum atomic E-state index is 4.34. The lowest BCUT2D eigenvalue weighted by molar-refractivity contribution is 1.10. The summed E-state index contributed by atoms with van der Waals surface area (Å²) in [7, 11) is 0. The van der Waals surface area contributed by atoms with Crippen LogP contribution in [0.5, 0.6) is 0 Å². The van der Waals surface area contributed by atoms with Gasteiger partial charge in [0.2, 0.25) is 0 Å². The fourth-order valence-corrected chi connectivity index (χ4v) is 2.21. The molecule has 0 amide bonds. The van der Waals surface area contributed by atoms with Gasteiger partial charge < -0.3 is 4.98 Å². The van der Waals surface area contributed by atoms with Crippen molar-refractivity contribution in [1.29, 1.82) is 0 Å². The van der Waals surface area contributed by atoms with Crippen molar-refractivity contribution >= 4 is 11.2 Å². The molecule has 0 spiro atoms. The van der Waals surface area contributed by atoms with Crippen molar-refractivity contribution < 1.29 is 0 Å². The quantitative estimate of drug-likeness (QED) is 0.581. The van der Waals surface area contributed by atoms with E-state index in [0.29, 0.717) is 5.65 Å². The second-order valence-corrected chi connectivity index (χ2v) is 4.37. The second-order valence-electron chi connectivity index (χ2n) is 4.37. The average Bonchev–Trinajstić information content (AvgIpc) is 3.18. The molecule has 0 aliphatic carbocycles. The summed E-state index contributed by atoms with van der Waals surface area (Å²) in [6.07, 6.45) is 4.89. The Hall–Kier alpha value is -3.02. The third-order valence-corrected chi connectivity index (χ3v) is 3.19. The van der Waals surface area contributed by atoms with Gasteiger partial charge in [-0.25, -0.2) is 15.0 Å². The van der Waals surface area contributed by atoms with Gasteiger partial charge in [-0.05, 0) is 11.6 Å². The molecule has 0 bridgehead atoms. The van der Waals surface area contributed by atoms with E-state index >= 15 is 0 Å². The Morgan fingerprint density at radius 3 is 2.50 bits per heavy atom. The van der Waals surface area contributed by atoms with E-state index in [9.17, 15) is 0 Å². The van der Waals surface area contributed by atoms with Crippen molar-refractivity contribution in [2.24, 2.45) is 0 Å². The molecule has 3 heterocycles. The van der Waals surface area contributed by atoms with Gasteiger partial charge in [0.15, 0.2) is 5.65 Å². The molecule has 0 saturated carbocycles. The first kappa shape index (κ1) is 10.9. The van der Waals surface area contributed by atoms with Crippen molar-refractivity contribution in [1.82, 2.24) is 30.1 Å². The van der Waals surface area contributed by atoms with Crippen LogP contribution in [0.15, 0.2) is 49.2 Å². The lowest BCUT2D eigenvalue weighted by Gasteiger charge is -2.03. The molecule has 2 N–H and O–H groups in total. The summed E-state index contributed by atoms with van der Waals surface area (Å²) in [4.78, 5) is 15.7. The van der Waals surface area contributed by atoms with Crippen LogP contribution in [0.1, 0.15) is 0 Å². The Morgan fingerprint density at radius 2 is 1.70 bits per heavy atom. The number of benzene rings is 1. The molecule has 1 aromatic carbocycles. The zero-order valence-corrected chi connectivity index (χ0v) is 10.4. The SMILES string of the molecule is c1cc(-c2ccc(-c3ncnc4nc[nH]c34)cc2)[nH]n1. The molecule has 4 rings (SSSR count). The first-order chi connectivity index (χ1) is 9.92. The van der Waals surface area contributed by atoms with Crippen LogP contribution in [0.2, 0.25) is 0 Å². The zero-order chi connectivity index (χ0) is 13.4. The molecule has 0 saturated heterocycles. The van der Waals surface area contributed by atoms with E-state index in [1.165, 1.54) is 6.33 Å². The standard InChI is InChI=1S/C14H10N6/c1-3-10(4-2-9(1)11-5-6-19-20-11)12-13-14(17-7-15-12)18-8-16-13/h1-8H,(H,19,20)(H,15,16,17,18). The summed E-state index contributed by atoms with van der Waals surface area (Å²) < 4.78 is 0. The van der Waals surface area contributed by atoms with E-state index in [1.807, 2.05) is 30.3 Å². The number of nitrogens with one attached hydrogen (secondary N) is 2. The van der Waals surface area contributed by atoms with Crippen molar-refractivity contribution in [3.8, 4) is 22.5 Å². The number of aromatic amines is 2. The topological polar surface area (TPSA) is 83.1 Å². The highest BCUT2D eigenvalue weighted by Gasteiger charge is 2.08. The van der Waals surface area contributed by atoms with Gasteiger partial charge >= 0.3 is 0 Å². The molecule has 3 aromatic heterocycles. The number of imidazole rings is 1. The molecule has 0 aliphatic heterocycles. The van der Waals surface area contributed by atoms with Gasteiger partial charge in [0.05, 0.1) is 17.7 Å². The highest BCUT2D eigenvalue weighted by atomic mass is 15.1. The highest BCUT2D eigenvalue weighted by molar-refractivity contribution is 5.86. The van der Waals surface area contributed by atoms with Crippen LogP contribution >= 0.6 is 0 Å². The highest BCUT2D eigenvalue weighted by Crippen LogP contribution is 2.25. The minimum atomic E-state index is 0.674. The molecule has 0 unspecified atom stereocenters. The first-order valence-electron chi connectivity index (χ1n) is 6.16. The Balaban J connectivity index is 1.81. The van der Waals surface area contributed by atoms with Crippen LogP contribution < -0.4 is 0 Å². The second kappa shape index (κ2) is 4.27. The van der Waals surface area contributed by atoms with Crippen molar-refractivity contribution in [2.75, 3.05) is 0 Å². The van der Waals surface area contributed by atoms with E-state index in [2.05, 4.69) is 30.1 Å². The molecule has 6 nitrogen and oxygen atoms in total. The Bertz CT molecular complexity index is 845.